The molecular weight excluding hydrogens is 458 g/mol. The number of anilines is 1. The van der Waals surface area contributed by atoms with Crippen molar-refractivity contribution in [2.75, 3.05) is 31.6 Å². The van der Waals surface area contributed by atoms with E-state index in [2.05, 4.69) is 5.32 Å². The zero-order valence-electron chi connectivity index (χ0n) is 20.4. The molecule has 0 bridgehead atoms. The fourth-order valence-corrected chi connectivity index (χ4v) is 6.16. The number of hydrogen-bond acceptors (Lipinski definition) is 6. The third-order valence-electron chi connectivity index (χ3n) is 6.26. The lowest BCUT2D eigenvalue weighted by Crippen LogP contribution is -2.41. The van der Waals surface area contributed by atoms with E-state index in [0.717, 1.165) is 5.75 Å². The Kier molecular flexibility index (Phi) is 8.04. The highest BCUT2D eigenvalue weighted by molar-refractivity contribution is 7.89. The summed E-state index contributed by atoms with van der Waals surface area (Å²) < 4.78 is 40.7. The first-order valence-corrected chi connectivity index (χ1v) is 12.9. The third kappa shape index (κ3) is 5.12. The minimum Gasteiger partial charge on any atom is -0.494 e. The van der Waals surface area contributed by atoms with E-state index < -0.39 is 16.0 Å². The van der Waals surface area contributed by atoms with Gasteiger partial charge in [-0.3, -0.25) is 4.79 Å². The second-order valence-electron chi connectivity index (χ2n) is 8.28. The Balaban J connectivity index is 1.72. The van der Waals surface area contributed by atoms with Crippen LogP contribution >= 0.6 is 0 Å². The van der Waals surface area contributed by atoms with Gasteiger partial charge in [-0.15, -0.1) is 0 Å². The van der Waals surface area contributed by atoms with Crippen molar-refractivity contribution in [3.63, 3.8) is 0 Å². The molecule has 9 nitrogen and oxygen atoms in total. The van der Waals surface area contributed by atoms with Crippen LogP contribution in [0.15, 0.2) is 29.2 Å². The van der Waals surface area contributed by atoms with Gasteiger partial charge in [-0.25, -0.2) is 13.2 Å². The maximum absolute atomic E-state index is 13.5. The number of ether oxygens (including phenoxy) is 2. The van der Waals surface area contributed by atoms with Crippen molar-refractivity contribution in [1.82, 2.24) is 8.87 Å². The summed E-state index contributed by atoms with van der Waals surface area (Å²) in [6.07, 6.45) is 0.781. The number of carbonyl (C=O) groups is 2. The van der Waals surface area contributed by atoms with Crippen LogP contribution in [-0.4, -0.2) is 55.5 Å². The minimum absolute atomic E-state index is 0.0109. The molecule has 1 saturated heterocycles. The molecule has 2 aromatic rings. The van der Waals surface area contributed by atoms with Crippen LogP contribution < -0.4 is 10.1 Å². The summed E-state index contributed by atoms with van der Waals surface area (Å²) in [5.41, 5.74) is 1.77. The van der Waals surface area contributed by atoms with Crippen LogP contribution in [0.1, 0.15) is 48.4 Å². The highest BCUT2D eigenvalue weighted by Crippen LogP contribution is 2.32. The molecule has 34 heavy (non-hydrogen) atoms. The smallest absolute Gasteiger partial charge is 0.341 e. The fourth-order valence-electron chi connectivity index (χ4n) is 4.21. The average molecular weight is 492 g/mol. The van der Waals surface area contributed by atoms with Crippen LogP contribution in [0, 0.1) is 19.8 Å². The Hall–Kier alpha value is -2.85. The number of carbonyl (C=O) groups excluding carboxylic acids is 2. The van der Waals surface area contributed by atoms with Crippen LogP contribution in [0.4, 0.5) is 5.69 Å². The number of piperidine rings is 1. The van der Waals surface area contributed by atoms with E-state index in [4.69, 9.17) is 9.47 Å². The second-order valence-corrected chi connectivity index (χ2v) is 10.2. The molecule has 0 atom stereocenters. The average Bonchev–Trinajstić information content (AvgIpc) is 3.05. The molecule has 1 aliphatic rings. The van der Waals surface area contributed by atoms with Gasteiger partial charge >= 0.3 is 5.97 Å². The van der Waals surface area contributed by atoms with Crippen molar-refractivity contribution in [1.29, 1.82) is 0 Å². The number of hydrogen-bond donors (Lipinski definition) is 1. The highest BCUT2D eigenvalue weighted by Gasteiger charge is 2.38. The van der Waals surface area contributed by atoms with Gasteiger partial charge in [-0.2, -0.15) is 4.31 Å². The van der Waals surface area contributed by atoms with Gasteiger partial charge in [-0.05, 0) is 64.8 Å². The van der Waals surface area contributed by atoms with Gasteiger partial charge < -0.3 is 19.4 Å². The molecule has 0 spiro atoms. The molecule has 0 aliphatic carbocycles. The number of sulfonamides is 1. The van der Waals surface area contributed by atoms with E-state index >= 15 is 0 Å². The first-order valence-electron chi connectivity index (χ1n) is 11.5. The van der Waals surface area contributed by atoms with E-state index in [1.165, 1.54) is 4.31 Å². The quantitative estimate of drug-likeness (QED) is 0.568. The maximum Gasteiger partial charge on any atom is 0.341 e. The lowest BCUT2D eigenvalue weighted by molar-refractivity contribution is -0.120. The Morgan fingerprint density at radius 3 is 2.21 bits per heavy atom. The highest BCUT2D eigenvalue weighted by atomic mass is 32.2. The normalized spacial score (nSPS) is 15.2. The molecule has 1 aromatic carbocycles. The minimum atomic E-state index is -3.94. The topological polar surface area (TPSA) is 107 Å². The number of esters is 1. The van der Waals surface area contributed by atoms with Crippen molar-refractivity contribution in [3.8, 4) is 5.75 Å². The number of nitrogens with zero attached hydrogens (tertiary/aromatic N) is 2. The summed E-state index contributed by atoms with van der Waals surface area (Å²) in [6, 6.07) is 7.14. The number of rotatable bonds is 8. The van der Waals surface area contributed by atoms with E-state index in [9.17, 15) is 18.0 Å². The Labute approximate surface area is 201 Å². The van der Waals surface area contributed by atoms with Crippen LogP contribution in [0.25, 0.3) is 0 Å². The summed E-state index contributed by atoms with van der Waals surface area (Å²) in [5.74, 6) is -0.360. The van der Waals surface area contributed by atoms with Gasteiger partial charge in [-0.1, -0.05) is 0 Å². The van der Waals surface area contributed by atoms with Gasteiger partial charge in [0.15, 0.2) is 0 Å². The standard InChI is InChI=1S/C24H33N3O6S/c1-6-32-20-10-8-19(9-11-20)25-23(28)18-12-14-27(15-13-18)34(30,31)22-17(4)26(5)16(3)21(22)24(29)33-7-2/h8-11,18H,6-7,12-15H2,1-5H3,(H,25,28). The monoisotopic (exact) mass is 491 g/mol. The number of aromatic nitrogens is 1. The lowest BCUT2D eigenvalue weighted by atomic mass is 9.97. The number of amides is 1. The molecule has 10 heteroatoms. The lowest BCUT2D eigenvalue weighted by Gasteiger charge is -2.30. The van der Waals surface area contributed by atoms with E-state index in [0.29, 0.717) is 36.5 Å². The zero-order valence-corrected chi connectivity index (χ0v) is 21.2. The summed E-state index contributed by atoms with van der Waals surface area (Å²) in [7, 11) is -2.21. The zero-order chi connectivity index (χ0) is 25.0. The predicted molar refractivity (Wildman–Crippen MR) is 129 cm³/mol. The van der Waals surface area contributed by atoms with Crippen LogP contribution in [0.3, 0.4) is 0 Å². The second kappa shape index (κ2) is 10.6. The van der Waals surface area contributed by atoms with Crippen molar-refractivity contribution in [3.05, 3.63) is 41.2 Å². The van der Waals surface area contributed by atoms with Gasteiger partial charge in [0, 0.05) is 43.1 Å². The number of nitrogens with one attached hydrogen (secondary N) is 1. The molecule has 3 rings (SSSR count). The number of benzene rings is 1. The van der Waals surface area contributed by atoms with Gasteiger partial charge in [0.1, 0.15) is 16.2 Å². The van der Waals surface area contributed by atoms with Crippen LogP contribution in [0.5, 0.6) is 5.75 Å². The molecule has 0 radical (unpaired) electrons. The molecule has 1 fully saturated rings. The van der Waals surface area contributed by atoms with Gasteiger partial charge in [0.25, 0.3) is 0 Å². The van der Waals surface area contributed by atoms with Crippen molar-refractivity contribution in [2.45, 2.75) is 45.4 Å². The first kappa shape index (κ1) is 25.8. The Morgan fingerprint density at radius 2 is 1.65 bits per heavy atom. The molecule has 1 N–H and O–H groups in total. The molecule has 0 saturated carbocycles. The summed E-state index contributed by atoms with van der Waals surface area (Å²) in [4.78, 5) is 25.3. The molecule has 0 unspecified atom stereocenters. The van der Waals surface area contributed by atoms with Gasteiger partial charge in [0.05, 0.1) is 13.2 Å². The SMILES string of the molecule is CCOC(=O)c1c(S(=O)(=O)N2CCC(C(=O)Nc3ccc(OCC)cc3)CC2)c(C)n(C)c1C. The third-order valence-corrected chi connectivity index (χ3v) is 8.32. The largest absolute Gasteiger partial charge is 0.494 e. The Bertz CT molecular complexity index is 1150. The molecule has 186 valence electrons. The first-order chi connectivity index (χ1) is 16.1. The van der Waals surface area contributed by atoms with Crippen molar-refractivity contribution in [2.24, 2.45) is 13.0 Å². The fraction of sp³-hybridized carbons (Fsp3) is 0.500. The summed E-state index contributed by atoms with van der Waals surface area (Å²) in [6.45, 7) is 8.08. The predicted octanol–water partition coefficient (Wildman–Crippen LogP) is 3.26. The summed E-state index contributed by atoms with van der Waals surface area (Å²) in [5, 5.41) is 2.90. The molecule has 2 heterocycles. The summed E-state index contributed by atoms with van der Waals surface area (Å²) >= 11 is 0. The molecule has 1 aromatic heterocycles. The van der Waals surface area contributed by atoms with E-state index in [1.807, 2.05) is 6.92 Å². The van der Waals surface area contributed by atoms with E-state index in [1.54, 1.807) is 56.7 Å². The maximum atomic E-state index is 13.5. The van der Waals surface area contributed by atoms with Crippen molar-refractivity contribution >= 4 is 27.6 Å². The van der Waals surface area contributed by atoms with Crippen LogP contribution in [-0.2, 0) is 26.6 Å². The molecular formula is C24H33N3O6S. The molecule has 1 aliphatic heterocycles. The van der Waals surface area contributed by atoms with E-state index in [-0.39, 0.29) is 42.0 Å². The Morgan fingerprint density at radius 1 is 1.03 bits per heavy atom. The van der Waals surface area contributed by atoms with Crippen LogP contribution in [0.2, 0.25) is 0 Å². The van der Waals surface area contributed by atoms with Crippen molar-refractivity contribution < 1.29 is 27.5 Å². The van der Waals surface area contributed by atoms with Gasteiger partial charge in [0.2, 0.25) is 15.9 Å². The molecule has 1 amide bonds.